The molecule has 0 heterocycles. The maximum atomic E-state index is 13.0. The van der Waals surface area contributed by atoms with Crippen molar-refractivity contribution in [1.82, 2.24) is 31.3 Å². The van der Waals surface area contributed by atoms with E-state index in [1.54, 1.807) is 0 Å². The number of amides is 6. The summed E-state index contributed by atoms with van der Waals surface area (Å²) in [5.74, 6) is -5.37. The molecule has 0 spiro atoms. The van der Waals surface area contributed by atoms with Crippen molar-refractivity contribution < 1.29 is 57.5 Å². The highest BCUT2D eigenvalue weighted by Gasteiger charge is 2.44. The standard InChI is InChI=1S/C30H50N12O12/c31-25(49)7-1-19(13-43)37-39(21(15-45)3-9-27(33)51)41(23(17-47)5-11-29(35)53)42(24(18-48)6-12-30(36)54)40(22(16-46)4-10-28(34)52)38-20(14-44)2-8-26(32)50/h13-24,37-38H,1-12H2,(H2,31,49)(H2,32,50)(H2,33,51)(H2,34,52)(H2,35,53)(H2,36,54)/t19-,20-,21-,22-,23-,24-/m0/s1. The molecule has 302 valence electrons. The van der Waals surface area contributed by atoms with Crippen molar-refractivity contribution in [3.8, 4) is 0 Å². The molecule has 54 heavy (non-hydrogen) atoms. The molecule has 0 saturated carbocycles. The Balaban J connectivity index is 8.41. The van der Waals surface area contributed by atoms with Gasteiger partial charge in [0.05, 0.1) is 36.3 Å². The summed E-state index contributed by atoms with van der Waals surface area (Å²) in [5.41, 5.74) is 37.3. The molecule has 0 aliphatic carbocycles. The molecular formula is C30H50N12O12. The monoisotopic (exact) mass is 770 g/mol. The van der Waals surface area contributed by atoms with Crippen LogP contribution in [0.2, 0.25) is 0 Å². The molecule has 0 bridgehead atoms. The lowest BCUT2D eigenvalue weighted by Crippen LogP contribution is -2.76. The molecule has 0 saturated heterocycles. The van der Waals surface area contributed by atoms with Gasteiger partial charge in [-0.25, -0.2) is 10.9 Å². The molecule has 0 aliphatic heterocycles. The third kappa shape index (κ3) is 18.4. The number of hydrogen-bond acceptors (Lipinski definition) is 18. The minimum absolute atomic E-state index is 0.220. The van der Waals surface area contributed by atoms with Crippen molar-refractivity contribution >= 4 is 73.2 Å². The minimum Gasteiger partial charge on any atom is -0.370 e. The lowest BCUT2D eigenvalue weighted by atomic mass is 10.1. The molecular weight excluding hydrogens is 720 g/mol. The van der Waals surface area contributed by atoms with E-state index in [1.165, 1.54) is 0 Å². The van der Waals surface area contributed by atoms with Crippen molar-refractivity contribution in [1.29, 1.82) is 0 Å². The zero-order valence-corrected chi connectivity index (χ0v) is 29.6. The number of nitrogens with zero attached hydrogens (tertiary/aromatic N) is 4. The Bertz CT molecular complexity index is 1240. The van der Waals surface area contributed by atoms with Crippen molar-refractivity contribution in [2.75, 3.05) is 0 Å². The van der Waals surface area contributed by atoms with Gasteiger partial charge < -0.3 is 63.2 Å². The van der Waals surface area contributed by atoms with E-state index in [0.717, 1.165) is 20.5 Å². The summed E-state index contributed by atoms with van der Waals surface area (Å²) in [6.07, 6.45) is -3.92. The largest absolute Gasteiger partial charge is 0.370 e. The first-order valence-electron chi connectivity index (χ1n) is 16.6. The Hall–Kier alpha value is -5.40. The Morgan fingerprint density at radius 2 is 0.593 bits per heavy atom. The molecule has 0 fully saturated rings. The molecule has 0 aliphatic rings. The summed E-state index contributed by atoms with van der Waals surface area (Å²) in [6.45, 7) is 0. The van der Waals surface area contributed by atoms with Gasteiger partial charge in [0.1, 0.15) is 37.7 Å². The zero-order chi connectivity index (χ0) is 41.4. The van der Waals surface area contributed by atoms with Crippen molar-refractivity contribution in [2.24, 2.45) is 34.4 Å². The molecule has 24 nitrogen and oxygen atoms in total. The fraction of sp³-hybridized carbons (Fsp3) is 0.600. The molecule has 0 aromatic rings. The summed E-state index contributed by atoms with van der Waals surface area (Å²) in [6, 6.07) is -9.50. The summed E-state index contributed by atoms with van der Waals surface area (Å²) in [4.78, 5) is 147. The number of hydrazine groups is 5. The first-order valence-corrected chi connectivity index (χ1v) is 16.6. The van der Waals surface area contributed by atoms with Gasteiger partial charge >= 0.3 is 0 Å². The quantitative estimate of drug-likeness (QED) is 0.0219. The third-order valence-corrected chi connectivity index (χ3v) is 7.58. The van der Waals surface area contributed by atoms with Gasteiger partial charge in [-0.1, -0.05) is 0 Å². The van der Waals surface area contributed by atoms with Crippen LogP contribution in [0.25, 0.3) is 0 Å². The van der Waals surface area contributed by atoms with E-state index >= 15 is 0 Å². The van der Waals surface area contributed by atoms with E-state index in [1.807, 2.05) is 0 Å². The van der Waals surface area contributed by atoms with Crippen LogP contribution < -0.4 is 45.3 Å². The highest BCUT2D eigenvalue weighted by molar-refractivity contribution is 5.77. The number of nitrogens with two attached hydrogens (primary N) is 6. The number of rotatable bonds is 35. The molecule has 6 atom stereocenters. The first-order chi connectivity index (χ1) is 25.5. The Kier molecular flexibility index (Phi) is 23.7. The Labute approximate surface area is 309 Å². The molecule has 24 heteroatoms. The van der Waals surface area contributed by atoms with Gasteiger partial charge in [-0.15, -0.1) is 10.2 Å². The van der Waals surface area contributed by atoms with E-state index < -0.39 is 136 Å². The second-order valence-corrected chi connectivity index (χ2v) is 11.9. The predicted molar refractivity (Wildman–Crippen MR) is 183 cm³/mol. The maximum absolute atomic E-state index is 13.0. The molecule has 0 radical (unpaired) electrons. The predicted octanol–water partition coefficient (Wildman–Crippen LogP) is -6.05. The van der Waals surface area contributed by atoms with E-state index in [2.05, 4.69) is 10.9 Å². The maximum Gasteiger partial charge on any atom is 0.217 e. The number of nitrogens with one attached hydrogen (secondary N) is 2. The lowest BCUT2D eigenvalue weighted by Gasteiger charge is -2.53. The van der Waals surface area contributed by atoms with E-state index in [4.69, 9.17) is 34.4 Å². The zero-order valence-electron chi connectivity index (χ0n) is 29.6. The SMILES string of the molecule is NC(=O)CC[C@@H](C=O)NN([C@H](C=O)CCC(N)=O)N([C@H](C=O)CCC(N)=O)N([C@H](C=O)CCC(N)=O)N(N[C@H](C=O)CCC(N)=O)[C@H](C=O)CCC(N)=O. The summed E-state index contributed by atoms with van der Waals surface area (Å²) >= 11 is 0. The summed E-state index contributed by atoms with van der Waals surface area (Å²) in [5, 5.41) is 3.17. The van der Waals surface area contributed by atoms with Gasteiger partial charge in [0.25, 0.3) is 0 Å². The van der Waals surface area contributed by atoms with Gasteiger partial charge in [0.15, 0.2) is 0 Å². The van der Waals surface area contributed by atoms with Crippen LogP contribution in [0.15, 0.2) is 0 Å². The molecule has 0 aromatic carbocycles. The van der Waals surface area contributed by atoms with Crippen LogP contribution in [-0.4, -0.2) is 130 Å². The minimum atomic E-state index is -1.71. The second kappa shape index (κ2) is 26.4. The van der Waals surface area contributed by atoms with Crippen LogP contribution in [-0.2, 0) is 57.5 Å². The average Bonchev–Trinajstić information content (AvgIpc) is 3.10. The smallest absolute Gasteiger partial charge is 0.217 e. The molecule has 0 aromatic heterocycles. The van der Waals surface area contributed by atoms with Crippen molar-refractivity contribution in [3.05, 3.63) is 0 Å². The number of carbonyl (C=O) groups is 12. The number of carbonyl (C=O) groups excluding carboxylic acids is 12. The van der Waals surface area contributed by atoms with Gasteiger partial charge in [-0.2, -0.15) is 10.2 Å². The molecule has 0 unspecified atom stereocenters. The van der Waals surface area contributed by atoms with Crippen LogP contribution in [0.3, 0.4) is 0 Å². The molecule has 14 N–H and O–H groups in total. The first kappa shape index (κ1) is 48.6. The van der Waals surface area contributed by atoms with E-state index in [9.17, 15) is 57.5 Å². The second-order valence-electron chi connectivity index (χ2n) is 11.9. The fourth-order valence-corrected chi connectivity index (χ4v) is 4.83. The van der Waals surface area contributed by atoms with Gasteiger partial charge in [0, 0.05) is 38.5 Å². The Morgan fingerprint density at radius 3 is 0.796 bits per heavy atom. The topological polar surface area (TPSA) is 398 Å². The highest BCUT2D eigenvalue weighted by Crippen LogP contribution is 2.25. The normalized spacial score (nSPS) is 14.7. The van der Waals surface area contributed by atoms with Crippen molar-refractivity contribution in [3.63, 3.8) is 0 Å². The molecule has 0 rings (SSSR count). The van der Waals surface area contributed by atoms with Crippen LogP contribution in [0.5, 0.6) is 0 Å². The average molecular weight is 771 g/mol. The summed E-state index contributed by atoms with van der Waals surface area (Å²) in [7, 11) is 0. The highest BCUT2D eigenvalue weighted by atomic mass is 16.2. The summed E-state index contributed by atoms with van der Waals surface area (Å²) < 4.78 is 0. The van der Waals surface area contributed by atoms with E-state index in [0.29, 0.717) is 12.6 Å². The van der Waals surface area contributed by atoms with Crippen molar-refractivity contribution in [2.45, 2.75) is 113 Å². The van der Waals surface area contributed by atoms with Crippen LogP contribution in [0.1, 0.15) is 77.0 Å². The van der Waals surface area contributed by atoms with Crippen LogP contribution in [0, 0.1) is 0 Å². The number of hydrogen-bond donors (Lipinski definition) is 8. The van der Waals surface area contributed by atoms with E-state index in [-0.39, 0.29) is 38.0 Å². The Morgan fingerprint density at radius 1 is 0.370 bits per heavy atom. The number of primary amides is 6. The number of aldehydes is 6. The van der Waals surface area contributed by atoms with Gasteiger partial charge in [0.2, 0.25) is 35.4 Å². The van der Waals surface area contributed by atoms with Gasteiger partial charge in [-0.3, -0.25) is 28.8 Å². The third-order valence-electron chi connectivity index (χ3n) is 7.58. The fourth-order valence-electron chi connectivity index (χ4n) is 4.83. The van der Waals surface area contributed by atoms with Gasteiger partial charge in [-0.05, 0) is 38.5 Å². The van der Waals surface area contributed by atoms with Crippen LogP contribution >= 0.6 is 0 Å². The van der Waals surface area contributed by atoms with Crippen LogP contribution in [0.4, 0.5) is 0 Å². The molecule has 6 amide bonds. The lowest BCUT2D eigenvalue weighted by molar-refractivity contribution is -0.345.